The number of likely N-dealkylation sites (tertiary alicyclic amines) is 1. The van der Waals surface area contributed by atoms with E-state index in [0.29, 0.717) is 5.92 Å². The van der Waals surface area contributed by atoms with Gasteiger partial charge >= 0.3 is 0 Å². The summed E-state index contributed by atoms with van der Waals surface area (Å²) >= 11 is 0. The second-order valence-corrected chi connectivity index (χ2v) is 7.86. The number of aliphatic hydroxyl groups is 1. The molecule has 0 spiro atoms. The molecule has 0 unspecified atom stereocenters. The fourth-order valence-corrected chi connectivity index (χ4v) is 4.61. The van der Waals surface area contributed by atoms with Gasteiger partial charge in [-0.3, -0.25) is 10.00 Å². The number of aliphatic hydroxyl groups excluding tert-OH is 1. The molecule has 1 aromatic heterocycles. The van der Waals surface area contributed by atoms with Crippen molar-refractivity contribution in [2.45, 2.75) is 63.8 Å². The van der Waals surface area contributed by atoms with Crippen LogP contribution in [0.2, 0.25) is 0 Å². The van der Waals surface area contributed by atoms with Crippen LogP contribution in [0.15, 0.2) is 6.20 Å². The lowest BCUT2D eigenvalue weighted by Gasteiger charge is -2.42. The number of H-pyrrole nitrogens is 1. The Morgan fingerprint density at radius 3 is 2.92 bits per heavy atom. The summed E-state index contributed by atoms with van der Waals surface area (Å²) in [5.74, 6) is 0.664. The van der Waals surface area contributed by atoms with Gasteiger partial charge < -0.3 is 9.84 Å². The Hall–Kier alpha value is -0.910. The van der Waals surface area contributed by atoms with E-state index in [9.17, 15) is 5.11 Å². The van der Waals surface area contributed by atoms with Crippen LogP contribution in [0.4, 0.5) is 0 Å². The average Bonchev–Trinajstić information content (AvgIpc) is 3.09. The standard InChI is InChI=1S/C19H33N3O2/c1-24-11-9-19(15-23)8-5-10-22(14-19)13-17-12-20-21-18(17)16-6-3-2-4-7-16/h12,16,23H,2-11,13-15H2,1H3,(H,20,21)/t19-/m0/s1. The van der Waals surface area contributed by atoms with Crippen LogP contribution in [0.3, 0.4) is 0 Å². The number of nitrogens with zero attached hydrogens (tertiary/aromatic N) is 2. The number of rotatable bonds is 7. The third kappa shape index (κ3) is 4.19. The zero-order valence-corrected chi connectivity index (χ0v) is 15.1. The molecule has 1 aliphatic heterocycles. The summed E-state index contributed by atoms with van der Waals surface area (Å²) in [6.45, 7) is 4.02. The molecule has 1 aliphatic carbocycles. The monoisotopic (exact) mass is 335 g/mol. The topological polar surface area (TPSA) is 61.4 Å². The van der Waals surface area contributed by atoms with E-state index in [4.69, 9.17) is 4.74 Å². The summed E-state index contributed by atoms with van der Waals surface area (Å²) in [5, 5.41) is 17.6. The van der Waals surface area contributed by atoms with E-state index in [0.717, 1.165) is 45.5 Å². The van der Waals surface area contributed by atoms with Crippen molar-refractivity contribution < 1.29 is 9.84 Å². The van der Waals surface area contributed by atoms with E-state index in [2.05, 4.69) is 15.1 Å². The van der Waals surface area contributed by atoms with Crippen molar-refractivity contribution in [3.63, 3.8) is 0 Å². The maximum atomic E-state index is 9.97. The van der Waals surface area contributed by atoms with Gasteiger partial charge in [-0.2, -0.15) is 5.10 Å². The Morgan fingerprint density at radius 1 is 1.33 bits per heavy atom. The molecule has 1 saturated carbocycles. The summed E-state index contributed by atoms with van der Waals surface area (Å²) in [6.07, 6.45) is 11.9. The van der Waals surface area contributed by atoms with Crippen molar-refractivity contribution in [3.05, 3.63) is 17.5 Å². The highest BCUT2D eigenvalue weighted by Crippen LogP contribution is 2.36. The van der Waals surface area contributed by atoms with E-state index < -0.39 is 0 Å². The number of aromatic nitrogens is 2. The molecular weight excluding hydrogens is 302 g/mol. The highest BCUT2D eigenvalue weighted by Gasteiger charge is 2.35. The lowest BCUT2D eigenvalue weighted by molar-refractivity contribution is 0.00464. The third-order valence-corrected chi connectivity index (χ3v) is 6.07. The van der Waals surface area contributed by atoms with Gasteiger partial charge in [0.05, 0.1) is 12.8 Å². The van der Waals surface area contributed by atoms with Crippen LogP contribution in [-0.4, -0.2) is 53.6 Å². The number of methoxy groups -OCH3 is 1. The lowest BCUT2D eigenvalue weighted by atomic mass is 9.78. The first kappa shape index (κ1) is 17.9. The molecule has 2 N–H and O–H groups in total. The van der Waals surface area contributed by atoms with Crippen LogP contribution in [0, 0.1) is 5.41 Å². The molecule has 1 atom stereocenters. The molecule has 3 rings (SSSR count). The highest BCUT2D eigenvalue weighted by molar-refractivity contribution is 5.21. The molecule has 0 aromatic carbocycles. The molecule has 136 valence electrons. The molecule has 0 amide bonds. The number of nitrogens with one attached hydrogen (secondary N) is 1. The van der Waals surface area contributed by atoms with Crippen molar-refractivity contribution in [1.29, 1.82) is 0 Å². The molecule has 5 heteroatoms. The second kappa shape index (κ2) is 8.45. The minimum absolute atomic E-state index is 0.00297. The smallest absolute Gasteiger partial charge is 0.0535 e. The number of hydrogen-bond donors (Lipinski definition) is 2. The van der Waals surface area contributed by atoms with E-state index in [1.54, 1.807) is 7.11 Å². The van der Waals surface area contributed by atoms with Gasteiger partial charge in [-0.05, 0) is 38.6 Å². The Morgan fingerprint density at radius 2 is 2.17 bits per heavy atom. The van der Waals surface area contributed by atoms with Gasteiger partial charge in [0.2, 0.25) is 0 Å². The van der Waals surface area contributed by atoms with E-state index in [1.165, 1.54) is 43.4 Å². The zero-order valence-electron chi connectivity index (χ0n) is 15.1. The largest absolute Gasteiger partial charge is 0.396 e. The quantitative estimate of drug-likeness (QED) is 0.804. The van der Waals surface area contributed by atoms with Crippen LogP contribution < -0.4 is 0 Å². The zero-order chi connectivity index (χ0) is 16.8. The van der Waals surface area contributed by atoms with Crippen LogP contribution in [0.1, 0.15) is 68.5 Å². The Labute approximate surface area is 145 Å². The summed E-state index contributed by atoms with van der Waals surface area (Å²) < 4.78 is 5.27. The summed E-state index contributed by atoms with van der Waals surface area (Å²) in [4.78, 5) is 2.51. The number of hydrogen-bond acceptors (Lipinski definition) is 4. The van der Waals surface area contributed by atoms with Crippen molar-refractivity contribution in [3.8, 4) is 0 Å². The van der Waals surface area contributed by atoms with Gasteiger partial charge in [-0.15, -0.1) is 0 Å². The Bertz CT molecular complexity index is 499. The molecule has 2 aliphatic rings. The molecule has 0 bridgehead atoms. The molecule has 2 fully saturated rings. The fraction of sp³-hybridized carbons (Fsp3) is 0.842. The third-order valence-electron chi connectivity index (χ3n) is 6.07. The minimum Gasteiger partial charge on any atom is -0.396 e. The molecule has 2 heterocycles. The molecule has 24 heavy (non-hydrogen) atoms. The Kier molecular flexibility index (Phi) is 6.31. The van der Waals surface area contributed by atoms with Crippen LogP contribution >= 0.6 is 0 Å². The minimum atomic E-state index is 0.00297. The molecule has 0 radical (unpaired) electrons. The summed E-state index contributed by atoms with van der Waals surface area (Å²) in [5.41, 5.74) is 2.73. The maximum absolute atomic E-state index is 9.97. The SMILES string of the molecule is COCC[C@@]1(CO)CCCN(Cc2cn[nH]c2C2CCCCC2)C1. The van der Waals surface area contributed by atoms with Crippen LogP contribution in [0.25, 0.3) is 0 Å². The van der Waals surface area contributed by atoms with Crippen molar-refractivity contribution in [2.24, 2.45) is 5.41 Å². The highest BCUT2D eigenvalue weighted by atomic mass is 16.5. The van der Waals surface area contributed by atoms with Gasteiger partial charge in [0, 0.05) is 49.4 Å². The first-order valence-corrected chi connectivity index (χ1v) is 9.61. The molecule has 1 aromatic rings. The summed E-state index contributed by atoms with van der Waals surface area (Å²) in [7, 11) is 1.74. The van der Waals surface area contributed by atoms with Gasteiger partial charge in [0.15, 0.2) is 0 Å². The maximum Gasteiger partial charge on any atom is 0.0535 e. The van der Waals surface area contributed by atoms with E-state index in [-0.39, 0.29) is 12.0 Å². The predicted molar refractivity (Wildman–Crippen MR) is 94.9 cm³/mol. The fourth-order valence-electron chi connectivity index (χ4n) is 4.61. The molecule has 5 nitrogen and oxygen atoms in total. The van der Waals surface area contributed by atoms with Crippen LogP contribution in [0.5, 0.6) is 0 Å². The normalized spacial score (nSPS) is 26.8. The second-order valence-electron chi connectivity index (χ2n) is 7.86. The first-order valence-electron chi connectivity index (χ1n) is 9.61. The van der Waals surface area contributed by atoms with Gasteiger partial charge in [0.1, 0.15) is 0 Å². The Balaban J connectivity index is 1.64. The average molecular weight is 335 g/mol. The van der Waals surface area contributed by atoms with Crippen LogP contribution in [-0.2, 0) is 11.3 Å². The lowest BCUT2D eigenvalue weighted by Crippen LogP contribution is -2.45. The van der Waals surface area contributed by atoms with Crippen molar-refractivity contribution >= 4 is 0 Å². The van der Waals surface area contributed by atoms with Crippen molar-refractivity contribution in [1.82, 2.24) is 15.1 Å². The van der Waals surface area contributed by atoms with Gasteiger partial charge in [-0.25, -0.2) is 0 Å². The number of piperidine rings is 1. The van der Waals surface area contributed by atoms with Gasteiger partial charge in [0.25, 0.3) is 0 Å². The van der Waals surface area contributed by atoms with E-state index >= 15 is 0 Å². The van der Waals surface area contributed by atoms with E-state index in [1.807, 2.05) is 6.20 Å². The molecule has 1 saturated heterocycles. The number of ether oxygens (including phenoxy) is 1. The predicted octanol–water partition coefficient (Wildman–Crippen LogP) is 3.07. The first-order chi connectivity index (χ1) is 11.8. The van der Waals surface area contributed by atoms with Gasteiger partial charge in [-0.1, -0.05) is 19.3 Å². The summed E-state index contributed by atoms with van der Waals surface area (Å²) in [6, 6.07) is 0. The number of aromatic amines is 1. The van der Waals surface area contributed by atoms with Crippen molar-refractivity contribution in [2.75, 3.05) is 33.4 Å². The molecular formula is C19H33N3O2.